The zero-order chi connectivity index (χ0) is 14.2. The first-order valence-electron chi connectivity index (χ1n) is 6.06. The van der Waals surface area contributed by atoms with Crippen LogP contribution in [0.15, 0.2) is 51.7 Å². The van der Waals surface area contributed by atoms with Crippen molar-refractivity contribution in [2.24, 2.45) is 0 Å². The molecular weight excluding hydrogens is 336 g/mol. The number of pyridine rings is 1. The minimum absolute atomic E-state index is 0.331. The topological polar surface area (TPSA) is 82.0 Å². The van der Waals surface area contributed by atoms with Gasteiger partial charge in [0.05, 0.1) is 4.47 Å². The minimum atomic E-state index is 0.331. The fourth-order valence-electron chi connectivity index (χ4n) is 1.88. The molecule has 102 valence electrons. The van der Waals surface area contributed by atoms with Crippen LogP contribution in [0.4, 0.5) is 0 Å². The smallest absolute Gasteiger partial charge is 0.268 e. The Labute approximate surface area is 126 Å². The monoisotopic (exact) mass is 342 g/mol. The second-order valence-electron chi connectivity index (χ2n) is 4.23. The van der Waals surface area contributed by atoms with Gasteiger partial charge < -0.3 is 4.42 Å². The lowest BCUT2D eigenvalue weighted by atomic mass is 10.3. The normalized spacial score (nSPS) is 11.1. The maximum Gasteiger partial charge on any atom is 0.268 e. The molecule has 8 heteroatoms. The summed E-state index contributed by atoms with van der Waals surface area (Å²) in [5.41, 5.74) is 1.89. The van der Waals surface area contributed by atoms with E-state index >= 15 is 0 Å². The summed E-state index contributed by atoms with van der Waals surface area (Å²) in [4.78, 5) is 8.41. The number of hydrogen-bond donors (Lipinski definition) is 0. The lowest BCUT2D eigenvalue weighted by molar-refractivity contribution is 0.579. The van der Waals surface area contributed by atoms with Crippen molar-refractivity contribution in [1.82, 2.24) is 29.8 Å². The second-order valence-corrected chi connectivity index (χ2v) is 5.15. The van der Waals surface area contributed by atoms with Crippen LogP contribution in [-0.4, -0.2) is 29.8 Å². The van der Waals surface area contributed by atoms with Gasteiger partial charge in [0.1, 0.15) is 5.69 Å². The molecule has 21 heavy (non-hydrogen) atoms. The van der Waals surface area contributed by atoms with Gasteiger partial charge in [-0.2, -0.15) is 5.10 Å². The Bertz CT molecular complexity index is 917. The zero-order valence-electron chi connectivity index (χ0n) is 10.5. The molecule has 0 aliphatic carbocycles. The maximum absolute atomic E-state index is 5.62. The summed E-state index contributed by atoms with van der Waals surface area (Å²) in [6.07, 6.45) is 5.18. The molecule has 4 aromatic heterocycles. The first-order chi connectivity index (χ1) is 10.3. The Kier molecular flexibility index (Phi) is 2.74. The second kappa shape index (κ2) is 4.74. The molecule has 0 N–H and O–H groups in total. The molecule has 4 heterocycles. The molecule has 0 saturated heterocycles. The van der Waals surface area contributed by atoms with Crippen LogP contribution in [0.1, 0.15) is 0 Å². The molecule has 0 aliphatic heterocycles. The molecule has 0 saturated carbocycles. The van der Waals surface area contributed by atoms with Crippen molar-refractivity contribution in [2.75, 3.05) is 0 Å². The van der Waals surface area contributed by atoms with Crippen molar-refractivity contribution in [1.29, 1.82) is 0 Å². The SMILES string of the molecule is Brc1cnc2cc(-c3nnc(-c4ccccn4)o3)nn2c1. The highest BCUT2D eigenvalue weighted by Gasteiger charge is 2.14. The molecule has 0 atom stereocenters. The largest absolute Gasteiger partial charge is 0.413 e. The first-order valence-corrected chi connectivity index (χ1v) is 6.85. The van der Waals surface area contributed by atoms with Crippen molar-refractivity contribution >= 4 is 21.6 Å². The van der Waals surface area contributed by atoms with Gasteiger partial charge >= 0.3 is 0 Å². The Hall–Kier alpha value is -2.61. The molecule has 0 radical (unpaired) electrons. The third-order valence-electron chi connectivity index (χ3n) is 2.81. The van der Waals surface area contributed by atoms with Crippen molar-refractivity contribution in [2.45, 2.75) is 0 Å². The molecule has 0 fully saturated rings. The summed E-state index contributed by atoms with van der Waals surface area (Å²) in [7, 11) is 0. The fraction of sp³-hybridized carbons (Fsp3) is 0. The minimum Gasteiger partial charge on any atom is -0.413 e. The van der Waals surface area contributed by atoms with Gasteiger partial charge in [0.2, 0.25) is 0 Å². The van der Waals surface area contributed by atoms with Gasteiger partial charge in [-0.1, -0.05) is 6.07 Å². The van der Waals surface area contributed by atoms with Crippen LogP contribution in [0.3, 0.4) is 0 Å². The van der Waals surface area contributed by atoms with E-state index in [1.807, 2.05) is 18.3 Å². The summed E-state index contributed by atoms with van der Waals surface area (Å²) in [5.74, 6) is 0.689. The molecule has 0 amide bonds. The average molecular weight is 343 g/mol. The maximum atomic E-state index is 5.62. The highest BCUT2D eigenvalue weighted by atomic mass is 79.9. The Morgan fingerprint density at radius 1 is 1.05 bits per heavy atom. The third kappa shape index (κ3) is 2.19. The molecular formula is C13H7BrN6O. The van der Waals surface area contributed by atoms with E-state index in [2.05, 4.69) is 41.2 Å². The molecule has 4 aromatic rings. The average Bonchev–Trinajstić information content (AvgIpc) is 3.14. The van der Waals surface area contributed by atoms with Crippen LogP contribution in [0.5, 0.6) is 0 Å². The quantitative estimate of drug-likeness (QED) is 0.556. The number of aromatic nitrogens is 6. The first kappa shape index (κ1) is 12.2. The van der Waals surface area contributed by atoms with Gasteiger partial charge in [-0.05, 0) is 28.1 Å². The van der Waals surface area contributed by atoms with E-state index in [-0.39, 0.29) is 0 Å². The van der Waals surface area contributed by atoms with E-state index in [4.69, 9.17) is 4.42 Å². The van der Waals surface area contributed by atoms with Gasteiger partial charge in [-0.25, -0.2) is 9.50 Å². The van der Waals surface area contributed by atoms with E-state index in [0.717, 1.165) is 4.47 Å². The van der Waals surface area contributed by atoms with Crippen LogP contribution < -0.4 is 0 Å². The zero-order valence-corrected chi connectivity index (χ0v) is 12.1. The standard InChI is InChI=1S/C13H7BrN6O/c14-8-6-16-11-5-10(19-20(11)7-8)13-18-17-12(21-13)9-3-1-2-4-15-9/h1-7H. The van der Waals surface area contributed by atoms with Crippen molar-refractivity contribution in [3.63, 3.8) is 0 Å². The van der Waals surface area contributed by atoms with Crippen LogP contribution in [0.2, 0.25) is 0 Å². The van der Waals surface area contributed by atoms with Crippen LogP contribution in [0, 0.1) is 0 Å². The van der Waals surface area contributed by atoms with Crippen molar-refractivity contribution < 1.29 is 4.42 Å². The Morgan fingerprint density at radius 3 is 2.71 bits per heavy atom. The van der Waals surface area contributed by atoms with Crippen molar-refractivity contribution in [3.05, 3.63) is 47.3 Å². The number of hydrogen-bond acceptors (Lipinski definition) is 6. The molecule has 0 spiro atoms. The van der Waals surface area contributed by atoms with Gasteiger partial charge in [0, 0.05) is 24.7 Å². The summed E-state index contributed by atoms with van der Waals surface area (Å²) < 4.78 is 8.10. The van der Waals surface area contributed by atoms with Gasteiger partial charge in [-0.15, -0.1) is 10.2 Å². The van der Waals surface area contributed by atoms with Gasteiger partial charge in [0.25, 0.3) is 11.8 Å². The summed E-state index contributed by atoms with van der Waals surface area (Å²) >= 11 is 3.35. The molecule has 0 aliphatic rings. The number of fused-ring (bicyclic) bond motifs is 1. The summed E-state index contributed by atoms with van der Waals surface area (Å²) in [5, 5.41) is 12.4. The van der Waals surface area contributed by atoms with Gasteiger partial charge in [-0.3, -0.25) is 4.98 Å². The van der Waals surface area contributed by atoms with E-state index in [1.54, 1.807) is 29.0 Å². The Morgan fingerprint density at radius 2 is 1.90 bits per heavy atom. The van der Waals surface area contributed by atoms with E-state index < -0.39 is 0 Å². The molecule has 7 nitrogen and oxygen atoms in total. The lowest BCUT2D eigenvalue weighted by Gasteiger charge is -1.91. The number of nitrogens with zero attached hydrogens (tertiary/aromatic N) is 6. The lowest BCUT2D eigenvalue weighted by Crippen LogP contribution is -1.88. The molecule has 0 bridgehead atoms. The highest BCUT2D eigenvalue weighted by Crippen LogP contribution is 2.22. The summed E-state index contributed by atoms with van der Waals surface area (Å²) in [6, 6.07) is 7.27. The predicted octanol–water partition coefficient (Wildman–Crippen LogP) is 2.60. The fourth-order valence-corrected chi connectivity index (χ4v) is 2.17. The number of halogens is 1. The Balaban J connectivity index is 1.77. The molecule has 0 aromatic carbocycles. The molecule has 4 rings (SSSR count). The molecule has 0 unspecified atom stereocenters. The van der Waals surface area contributed by atoms with Crippen molar-refractivity contribution in [3.8, 4) is 23.2 Å². The van der Waals surface area contributed by atoms with E-state index in [1.165, 1.54) is 0 Å². The number of rotatable bonds is 2. The van der Waals surface area contributed by atoms with Crippen LogP contribution in [-0.2, 0) is 0 Å². The van der Waals surface area contributed by atoms with Crippen LogP contribution >= 0.6 is 15.9 Å². The van der Waals surface area contributed by atoms with E-state index in [0.29, 0.717) is 28.8 Å². The van der Waals surface area contributed by atoms with E-state index in [9.17, 15) is 0 Å². The van der Waals surface area contributed by atoms with Gasteiger partial charge in [0.15, 0.2) is 11.3 Å². The predicted molar refractivity (Wildman–Crippen MR) is 77.2 cm³/mol. The van der Waals surface area contributed by atoms with Crippen LogP contribution in [0.25, 0.3) is 28.8 Å². The third-order valence-corrected chi connectivity index (χ3v) is 3.22. The highest BCUT2D eigenvalue weighted by molar-refractivity contribution is 9.10. The summed E-state index contributed by atoms with van der Waals surface area (Å²) in [6.45, 7) is 0.